The Hall–Kier alpha value is -2.27. The number of benzene rings is 2. The first kappa shape index (κ1) is 17.2. The first-order chi connectivity index (χ1) is 12.7. The molecule has 1 amide bonds. The van der Waals surface area contributed by atoms with E-state index in [1.54, 1.807) is 11.8 Å². The summed E-state index contributed by atoms with van der Waals surface area (Å²) in [6, 6.07) is 14.7. The van der Waals surface area contributed by atoms with E-state index in [0.29, 0.717) is 6.04 Å². The topological polar surface area (TPSA) is 38.1 Å². The normalized spacial score (nSPS) is 15.5. The minimum absolute atomic E-state index is 0.153. The molecular weight excluding hydrogens is 342 g/mol. The summed E-state index contributed by atoms with van der Waals surface area (Å²) in [6.07, 6.45) is 5.90. The number of thioether (sulfide) groups is 1. The molecule has 1 saturated heterocycles. The van der Waals surface area contributed by atoms with Gasteiger partial charge in [0.25, 0.3) is 5.91 Å². The number of imidazole rings is 1. The van der Waals surface area contributed by atoms with Crippen molar-refractivity contribution in [2.75, 3.05) is 19.3 Å². The number of hydrogen-bond acceptors (Lipinski definition) is 3. The van der Waals surface area contributed by atoms with E-state index in [-0.39, 0.29) is 5.91 Å². The van der Waals surface area contributed by atoms with E-state index in [4.69, 9.17) is 0 Å². The predicted molar refractivity (Wildman–Crippen MR) is 107 cm³/mol. The molecule has 0 spiro atoms. The van der Waals surface area contributed by atoms with Gasteiger partial charge >= 0.3 is 0 Å². The summed E-state index contributed by atoms with van der Waals surface area (Å²) < 4.78 is 2.29. The summed E-state index contributed by atoms with van der Waals surface area (Å²) in [5.41, 5.74) is 4.31. The Balaban J connectivity index is 1.50. The highest BCUT2D eigenvalue weighted by atomic mass is 32.2. The SMILES string of the molecule is CSc1ccccc1C(=O)N1CCC(n2cnc3ccc(C)cc32)CC1. The van der Waals surface area contributed by atoms with Crippen molar-refractivity contribution in [3.05, 3.63) is 59.9 Å². The Bertz CT molecular complexity index is 941. The molecule has 0 saturated carbocycles. The summed E-state index contributed by atoms with van der Waals surface area (Å²) in [7, 11) is 0. The van der Waals surface area contributed by atoms with Crippen LogP contribution in [0, 0.1) is 6.92 Å². The number of carbonyl (C=O) groups is 1. The molecule has 4 nitrogen and oxygen atoms in total. The van der Waals surface area contributed by atoms with Crippen LogP contribution in [-0.2, 0) is 0 Å². The highest BCUT2D eigenvalue weighted by Crippen LogP contribution is 2.29. The Kier molecular flexibility index (Phi) is 4.72. The van der Waals surface area contributed by atoms with E-state index in [2.05, 4.69) is 34.7 Å². The van der Waals surface area contributed by atoms with E-state index in [1.807, 2.05) is 41.7 Å². The molecule has 0 atom stereocenters. The van der Waals surface area contributed by atoms with Crippen LogP contribution in [0.4, 0.5) is 0 Å². The molecule has 1 aliphatic rings. The maximum absolute atomic E-state index is 12.9. The lowest BCUT2D eigenvalue weighted by Gasteiger charge is -2.33. The van der Waals surface area contributed by atoms with Crippen LogP contribution in [0.25, 0.3) is 11.0 Å². The largest absolute Gasteiger partial charge is 0.338 e. The monoisotopic (exact) mass is 365 g/mol. The zero-order valence-electron chi connectivity index (χ0n) is 15.2. The molecule has 1 fully saturated rings. The molecule has 3 aromatic rings. The summed E-state index contributed by atoms with van der Waals surface area (Å²) in [5, 5.41) is 0. The molecule has 0 bridgehead atoms. The van der Waals surface area contributed by atoms with E-state index < -0.39 is 0 Å². The van der Waals surface area contributed by atoms with Gasteiger partial charge in [0, 0.05) is 24.0 Å². The fourth-order valence-corrected chi connectivity index (χ4v) is 4.36. The van der Waals surface area contributed by atoms with Gasteiger partial charge in [-0.2, -0.15) is 0 Å². The van der Waals surface area contributed by atoms with Gasteiger partial charge in [-0.05, 0) is 55.9 Å². The van der Waals surface area contributed by atoms with E-state index in [9.17, 15) is 4.79 Å². The third-order valence-corrected chi connectivity index (χ3v) is 6.01. The number of nitrogens with zero attached hydrogens (tertiary/aromatic N) is 3. The standard InChI is InChI=1S/C21H23N3OS/c1-15-7-8-18-19(13-15)24(14-22-18)16-9-11-23(12-10-16)21(25)17-5-3-4-6-20(17)26-2/h3-8,13-14,16H,9-12H2,1-2H3. The van der Waals surface area contributed by atoms with Gasteiger partial charge in [0.05, 0.1) is 22.9 Å². The number of rotatable bonds is 3. The van der Waals surface area contributed by atoms with Crippen molar-refractivity contribution < 1.29 is 4.79 Å². The second kappa shape index (κ2) is 7.16. The number of amides is 1. The Morgan fingerprint density at radius 3 is 2.69 bits per heavy atom. The molecule has 134 valence electrons. The van der Waals surface area contributed by atoms with Crippen molar-refractivity contribution in [1.29, 1.82) is 0 Å². The van der Waals surface area contributed by atoms with Gasteiger partial charge in [-0.1, -0.05) is 18.2 Å². The smallest absolute Gasteiger partial charge is 0.254 e. The minimum Gasteiger partial charge on any atom is -0.338 e. The van der Waals surface area contributed by atoms with Gasteiger partial charge in [0.1, 0.15) is 0 Å². The molecular formula is C21H23N3OS. The number of carbonyl (C=O) groups excluding carboxylic acids is 1. The molecule has 0 unspecified atom stereocenters. The van der Waals surface area contributed by atoms with Crippen molar-refractivity contribution in [2.24, 2.45) is 0 Å². The third kappa shape index (κ3) is 3.12. The highest BCUT2D eigenvalue weighted by Gasteiger charge is 2.26. The number of hydrogen-bond donors (Lipinski definition) is 0. The van der Waals surface area contributed by atoms with E-state index in [1.165, 1.54) is 11.1 Å². The summed E-state index contributed by atoms with van der Waals surface area (Å²) >= 11 is 1.63. The Morgan fingerprint density at radius 1 is 1.15 bits per heavy atom. The highest BCUT2D eigenvalue weighted by molar-refractivity contribution is 7.98. The molecule has 5 heteroatoms. The number of fused-ring (bicyclic) bond motifs is 1. The summed E-state index contributed by atoms with van der Waals surface area (Å²) in [4.78, 5) is 20.5. The summed E-state index contributed by atoms with van der Waals surface area (Å²) in [6.45, 7) is 3.69. The molecule has 2 aromatic carbocycles. The van der Waals surface area contributed by atoms with Crippen LogP contribution in [0.2, 0.25) is 0 Å². The number of likely N-dealkylation sites (tertiary alicyclic amines) is 1. The van der Waals surface area contributed by atoms with Crippen LogP contribution in [0.15, 0.2) is 53.7 Å². The minimum atomic E-state index is 0.153. The van der Waals surface area contributed by atoms with Crippen molar-refractivity contribution in [1.82, 2.24) is 14.5 Å². The van der Waals surface area contributed by atoms with Crippen LogP contribution in [-0.4, -0.2) is 39.7 Å². The fourth-order valence-electron chi connectivity index (χ4n) is 3.77. The zero-order chi connectivity index (χ0) is 18.1. The average Bonchev–Trinajstić information content (AvgIpc) is 3.10. The average molecular weight is 366 g/mol. The van der Waals surface area contributed by atoms with Gasteiger partial charge in [0.15, 0.2) is 0 Å². The molecule has 0 radical (unpaired) electrons. The van der Waals surface area contributed by atoms with Crippen molar-refractivity contribution in [2.45, 2.75) is 30.7 Å². The lowest BCUT2D eigenvalue weighted by Crippen LogP contribution is -2.39. The fraction of sp³-hybridized carbons (Fsp3) is 0.333. The molecule has 1 aliphatic heterocycles. The number of piperidine rings is 1. The molecule has 26 heavy (non-hydrogen) atoms. The quantitative estimate of drug-likeness (QED) is 0.640. The first-order valence-electron chi connectivity index (χ1n) is 9.03. The maximum Gasteiger partial charge on any atom is 0.254 e. The van der Waals surface area contributed by atoms with Crippen molar-refractivity contribution >= 4 is 28.7 Å². The van der Waals surface area contributed by atoms with Crippen LogP contribution in [0.5, 0.6) is 0 Å². The van der Waals surface area contributed by atoms with Gasteiger partial charge in [-0.25, -0.2) is 4.98 Å². The Morgan fingerprint density at radius 2 is 1.92 bits per heavy atom. The van der Waals surface area contributed by atoms with Crippen LogP contribution >= 0.6 is 11.8 Å². The van der Waals surface area contributed by atoms with Gasteiger partial charge in [-0.3, -0.25) is 4.79 Å². The lowest BCUT2D eigenvalue weighted by molar-refractivity contribution is 0.0692. The van der Waals surface area contributed by atoms with Crippen molar-refractivity contribution in [3.8, 4) is 0 Å². The predicted octanol–water partition coefficient (Wildman–Crippen LogP) is 4.54. The van der Waals surface area contributed by atoms with Crippen molar-refractivity contribution in [3.63, 3.8) is 0 Å². The molecule has 0 N–H and O–H groups in total. The Labute approximate surface area is 158 Å². The van der Waals surface area contributed by atoms with E-state index in [0.717, 1.165) is 41.9 Å². The first-order valence-corrected chi connectivity index (χ1v) is 10.3. The second-order valence-electron chi connectivity index (χ2n) is 6.87. The van der Waals surface area contributed by atoms with Gasteiger partial charge in [-0.15, -0.1) is 11.8 Å². The van der Waals surface area contributed by atoms with Crippen LogP contribution < -0.4 is 0 Å². The maximum atomic E-state index is 12.9. The molecule has 4 rings (SSSR count). The molecule has 2 heterocycles. The summed E-state index contributed by atoms with van der Waals surface area (Å²) in [5.74, 6) is 0.153. The van der Waals surface area contributed by atoms with Gasteiger partial charge in [0.2, 0.25) is 0 Å². The van der Waals surface area contributed by atoms with Gasteiger partial charge < -0.3 is 9.47 Å². The lowest BCUT2D eigenvalue weighted by atomic mass is 10.0. The number of aromatic nitrogens is 2. The third-order valence-electron chi connectivity index (χ3n) is 5.21. The van der Waals surface area contributed by atoms with E-state index >= 15 is 0 Å². The molecule has 0 aliphatic carbocycles. The second-order valence-corrected chi connectivity index (χ2v) is 7.72. The van der Waals surface area contributed by atoms with Crippen LogP contribution in [0.1, 0.15) is 34.8 Å². The number of aryl methyl sites for hydroxylation is 1. The molecule has 1 aromatic heterocycles. The van der Waals surface area contributed by atoms with Crippen LogP contribution in [0.3, 0.4) is 0 Å². The zero-order valence-corrected chi connectivity index (χ0v) is 16.0.